The summed E-state index contributed by atoms with van der Waals surface area (Å²) in [6.07, 6.45) is 0.756. The van der Waals surface area contributed by atoms with Gasteiger partial charge in [0.05, 0.1) is 6.61 Å². The topological polar surface area (TPSA) is 128 Å². The molecule has 1 aromatic carbocycles. The van der Waals surface area contributed by atoms with Crippen LogP contribution in [0.1, 0.15) is 78.5 Å². The number of aromatic hydroxyl groups is 1. The van der Waals surface area contributed by atoms with E-state index in [2.05, 4.69) is 10.6 Å². The smallest absolute Gasteiger partial charge is 0.408 e. The highest BCUT2D eigenvalue weighted by Gasteiger charge is 2.42. The lowest BCUT2D eigenvalue weighted by Gasteiger charge is -2.43. The van der Waals surface area contributed by atoms with Crippen LogP contribution in [0.2, 0.25) is 0 Å². The number of phenolic OH excluding ortho intramolecular Hbond substituents is 1. The highest BCUT2D eigenvalue weighted by atomic mass is 16.6. The number of unbranched alkanes of at least 4 members (excludes halogenated alkanes) is 1. The zero-order chi connectivity index (χ0) is 26.3. The third-order valence-corrected chi connectivity index (χ3v) is 5.03. The number of ether oxygens (including phenoxy) is 1. The number of nitrogens with one attached hydrogen (secondary N) is 2. The molecule has 4 N–H and O–H groups in total. The van der Waals surface area contributed by atoms with Crippen molar-refractivity contribution in [1.29, 1.82) is 0 Å². The summed E-state index contributed by atoms with van der Waals surface area (Å²) in [5.41, 5.74) is -0.906. The molecule has 0 radical (unpaired) electrons. The number of rotatable bonds is 9. The zero-order valence-electron chi connectivity index (χ0n) is 21.7. The van der Waals surface area contributed by atoms with Crippen molar-refractivity contribution < 1.29 is 29.3 Å². The maximum Gasteiger partial charge on any atom is 0.408 e. The van der Waals surface area contributed by atoms with Crippen LogP contribution in [-0.2, 0) is 14.3 Å². The minimum atomic E-state index is -1.35. The van der Waals surface area contributed by atoms with E-state index in [0.717, 1.165) is 12.8 Å². The zero-order valence-corrected chi connectivity index (χ0v) is 21.7. The second-order valence-electron chi connectivity index (χ2n) is 10.3. The minimum absolute atomic E-state index is 0.0964. The molecule has 0 spiro atoms. The van der Waals surface area contributed by atoms with Gasteiger partial charge in [-0.1, -0.05) is 31.5 Å². The van der Waals surface area contributed by atoms with E-state index in [0.29, 0.717) is 12.1 Å². The molecular formula is C25H41N3O6. The van der Waals surface area contributed by atoms with E-state index in [1.165, 1.54) is 4.90 Å². The van der Waals surface area contributed by atoms with E-state index in [1.54, 1.807) is 66.7 Å². The van der Waals surface area contributed by atoms with Crippen molar-refractivity contribution in [2.24, 2.45) is 0 Å². The summed E-state index contributed by atoms with van der Waals surface area (Å²) in [6.45, 7) is 13.7. The molecule has 192 valence electrons. The Morgan fingerprint density at radius 2 is 1.74 bits per heavy atom. The van der Waals surface area contributed by atoms with Gasteiger partial charge in [-0.25, -0.2) is 4.79 Å². The number of aliphatic hydroxyl groups is 1. The molecule has 1 aromatic rings. The van der Waals surface area contributed by atoms with Gasteiger partial charge in [0.15, 0.2) is 0 Å². The molecule has 9 nitrogen and oxygen atoms in total. The average molecular weight is 480 g/mol. The fourth-order valence-electron chi connectivity index (χ4n) is 3.43. The number of aryl methyl sites for hydroxylation is 1. The Balaban J connectivity index is 3.50. The number of amides is 3. The average Bonchev–Trinajstić information content (AvgIpc) is 2.70. The number of carbonyl (C=O) groups is 3. The summed E-state index contributed by atoms with van der Waals surface area (Å²) in [7, 11) is 0. The summed E-state index contributed by atoms with van der Waals surface area (Å²) in [4.78, 5) is 40.7. The van der Waals surface area contributed by atoms with E-state index in [-0.39, 0.29) is 11.3 Å². The first-order valence-electron chi connectivity index (χ1n) is 11.6. The number of alkyl carbamates (subject to hydrolysis) is 1. The Morgan fingerprint density at radius 3 is 2.24 bits per heavy atom. The summed E-state index contributed by atoms with van der Waals surface area (Å²) in [5, 5.41) is 26.0. The molecule has 0 aliphatic heterocycles. The first kappa shape index (κ1) is 29.2. The molecule has 0 saturated heterocycles. The molecule has 0 aromatic heterocycles. The molecule has 2 unspecified atom stereocenters. The highest BCUT2D eigenvalue weighted by molar-refractivity contribution is 5.93. The number of para-hydroxylation sites is 1. The highest BCUT2D eigenvalue weighted by Crippen LogP contribution is 2.36. The Labute approximate surface area is 202 Å². The Kier molecular flexibility index (Phi) is 10.4. The largest absolute Gasteiger partial charge is 0.507 e. The van der Waals surface area contributed by atoms with E-state index in [4.69, 9.17) is 4.74 Å². The number of benzene rings is 1. The molecule has 2 atom stereocenters. The van der Waals surface area contributed by atoms with Crippen molar-refractivity contribution in [3.63, 3.8) is 0 Å². The molecular weight excluding hydrogens is 438 g/mol. The van der Waals surface area contributed by atoms with Crippen LogP contribution in [0.15, 0.2) is 18.2 Å². The van der Waals surface area contributed by atoms with Gasteiger partial charge >= 0.3 is 6.09 Å². The van der Waals surface area contributed by atoms with Crippen molar-refractivity contribution in [2.75, 3.05) is 13.2 Å². The van der Waals surface area contributed by atoms with Gasteiger partial charge in [0.2, 0.25) is 11.8 Å². The van der Waals surface area contributed by atoms with E-state index >= 15 is 0 Å². The van der Waals surface area contributed by atoms with Gasteiger partial charge in [-0.3, -0.25) is 9.59 Å². The van der Waals surface area contributed by atoms with Crippen LogP contribution in [0.5, 0.6) is 5.75 Å². The van der Waals surface area contributed by atoms with Crippen molar-refractivity contribution in [2.45, 2.75) is 91.5 Å². The fraction of sp³-hybridized carbons (Fsp3) is 0.640. The van der Waals surface area contributed by atoms with Crippen LogP contribution in [0.4, 0.5) is 4.79 Å². The predicted molar refractivity (Wildman–Crippen MR) is 130 cm³/mol. The molecule has 1 rings (SSSR count). The van der Waals surface area contributed by atoms with Crippen LogP contribution in [0.25, 0.3) is 0 Å². The lowest BCUT2D eigenvalue weighted by Crippen LogP contribution is -2.59. The Morgan fingerprint density at radius 1 is 1.12 bits per heavy atom. The molecule has 34 heavy (non-hydrogen) atoms. The monoisotopic (exact) mass is 479 g/mol. The molecule has 0 aliphatic rings. The van der Waals surface area contributed by atoms with Crippen molar-refractivity contribution in [1.82, 2.24) is 15.5 Å². The van der Waals surface area contributed by atoms with Gasteiger partial charge in [0, 0.05) is 17.6 Å². The number of hydrogen-bond acceptors (Lipinski definition) is 6. The molecule has 0 fully saturated rings. The number of aliphatic hydroxyl groups excluding tert-OH is 1. The van der Waals surface area contributed by atoms with E-state index < -0.39 is 47.7 Å². The molecule has 0 saturated carbocycles. The Hall–Kier alpha value is -2.81. The molecule has 0 aliphatic carbocycles. The third kappa shape index (κ3) is 8.20. The summed E-state index contributed by atoms with van der Waals surface area (Å²) in [5.74, 6) is -1.25. The first-order chi connectivity index (χ1) is 15.6. The lowest BCUT2D eigenvalue weighted by molar-refractivity contribution is -0.149. The van der Waals surface area contributed by atoms with Gasteiger partial charge in [0.25, 0.3) is 0 Å². The Bertz CT molecular complexity index is 857. The summed E-state index contributed by atoms with van der Waals surface area (Å²) < 4.78 is 5.23. The fourth-order valence-corrected chi connectivity index (χ4v) is 3.43. The summed E-state index contributed by atoms with van der Waals surface area (Å²) >= 11 is 0. The second kappa shape index (κ2) is 12.1. The molecule has 0 heterocycles. The maximum absolute atomic E-state index is 13.7. The quantitative estimate of drug-likeness (QED) is 0.403. The normalized spacial score (nSPS) is 13.6. The standard InChI is InChI=1S/C25H41N3O6/c1-9-10-14-26-21(31)19(17-13-11-12-16(2)20(17)30)28(24(3,4)5)22(32)18(15-29)27-23(33)34-25(6,7)8/h11-13,18-19,29-30H,9-10,14-15H2,1-8H3,(H,26,31)(H,27,33). The van der Waals surface area contributed by atoms with Crippen molar-refractivity contribution in [3.05, 3.63) is 29.3 Å². The van der Waals surface area contributed by atoms with Gasteiger partial charge in [-0.15, -0.1) is 0 Å². The number of hydrogen-bond donors (Lipinski definition) is 4. The van der Waals surface area contributed by atoms with Gasteiger partial charge < -0.3 is 30.5 Å². The van der Waals surface area contributed by atoms with Crippen molar-refractivity contribution >= 4 is 17.9 Å². The van der Waals surface area contributed by atoms with Crippen molar-refractivity contribution in [3.8, 4) is 5.75 Å². The second-order valence-corrected chi connectivity index (χ2v) is 10.3. The minimum Gasteiger partial charge on any atom is -0.507 e. The van der Waals surface area contributed by atoms with Crippen LogP contribution >= 0.6 is 0 Å². The van der Waals surface area contributed by atoms with E-state index in [9.17, 15) is 24.6 Å². The molecule has 3 amide bonds. The van der Waals surface area contributed by atoms with Gasteiger partial charge in [0.1, 0.15) is 23.4 Å². The van der Waals surface area contributed by atoms with Crippen LogP contribution < -0.4 is 10.6 Å². The number of carbonyl (C=O) groups excluding carboxylic acids is 3. The van der Waals surface area contributed by atoms with Crippen LogP contribution in [-0.4, -0.2) is 63.4 Å². The van der Waals surface area contributed by atoms with E-state index in [1.807, 2.05) is 6.92 Å². The van der Waals surface area contributed by atoms with Crippen LogP contribution in [0.3, 0.4) is 0 Å². The first-order valence-corrected chi connectivity index (χ1v) is 11.6. The molecule has 0 bridgehead atoms. The molecule has 9 heteroatoms. The predicted octanol–water partition coefficient (Wildman–Crippen LogP) is 3.17. The lowest BCUT2D eigenvalue weighted by atomic mass is 9.94. The maximum atomic E-state index is 13.7. The number of nitrogens with zero attached hydrogens (tertiary/aromatic N) is 1. The van der Waals surface area contributed by atoms with Gasteiger partial charge in [-0.05, 0) is 60.5 Å². The summed E-state index contributed by atoms with van der Waals surface area (Å²) in [6, 6.07) is 2.44. The number of phenols is 1. The van der Waals surface area contributed by atoms with Gasteiger partial charge in [-0.2, -0.15) is 0 Å². The third-order valence-electron chi connectivity index (χ3n) is 5.03. The SMILES string of the molecule is CCCCNC(=O)C(c1cccc(C)c1O)N(C(=O)C(CO)NC(=O)OC(C)(C)C)C(C)(C)C. The van der Waals surface area contributed by atoms with Crippen LogP contribution in [0, 0.1) is 6.92 Å².